The summed E-state index contributed by atoms with van der Waals surface area (Å²) in [6.45, 7) is 0. The molecule has 7 aromatic carbocycles. The Kier molecular flexibility index (Phi) is 7.49. The monoisotopic (exact) mass is 637 g/mol. The van der Waals surface area contributed by atoms with Crippen LogP contribution in [0.1, 0.15) is 0 Å². The number of hydrogen-bond donors (Lipinski definition) is 0. The summed E-state index contributed by atoms with van der Waals surface area (Å²) in [6, 6.07) is 63.9. The summed E-state index contributed by atoms with van der Waals surface area (Å²) in [4.78, 5) is 14.7. The van der Waals surface area contributed by atoms with Crippen molar-refractivity contribution < 1.29 is 0 Å². The van der Waals surface area contributed by atoms with Gasteiger partial charge in [0.2, 0.25) is 0 Å². The number of rotatable bonds is 6. The first-order valence-electron chi connectivity index (χ1n) is 16.8. The normalized spacial score (nSPS) is 11.2. The van der Waals surface area contributed by atoms with Crippen LogP contribution in [0, 0.1) is 0 Å². The Morgan fingerprint density at radius 2 is 0.840 bits per heavy atom. The highest BCUT2D eigenvalue weighted by Crippen LogP contribution is 2.36. The summed E-state index contributed by atoms with van der Waals surface area (Å²) in [5.41, 5.74) is 12.9. The van der Waals surface area contributed by atoms with Gasteiger partial charge in [-0.1, -0.05) is 152 Å². The Morgan fingerprint density at radius 3 is 1.56 bits per heavy atom. The van der Waals surface area contributed by atoms with Crippen LogP contribution in [0.2, 0.25) is 0 Å². The van der Waals surface area contributed by atoms with E-state index in [1.807, 2.05) is 54.7 Å². The van der Waals surface area contributed by atoms with Crippen LogP contribution in [0.3, 0.4) is 0 Å². The average molecular weight is 638 g/mol. The van der Waals surface area contributed by atoms with E-state index in [0.29, 0.717) is 5.82 Å². The number of nitrogens with zero attached hydrogens (tertiary/aromatic N) is 3. The molecule has 234 valence electrons. The molecule has 0 amide bonds. The van der Waals surface area contributed by atoms with Gasteiger partial charge in [-0.15, -0.1) is 0 Å². The minimum Gasteiger partial charge on any atom is -0.256 e. The highest BCUT2D eigenvalue weighted by atomic mass is 14.9. The van der Waals surface area contributed by atoms with Gasteiger partial charge in [0.15, 0.2) is 5.82 Å². The fraction of sp³-hybridized carbons (Fsp3) is 0. The van der Waals surface area contributed by atoms with Crippen LogP contribution >= 0.6 is 0 Å². The first-order valence-corrected chi connectivity index (χ1v) is 16.8. The molecule has 9 aromatic rings. The Hall–Kier alpha value is -6.71. The first-order chi connectivity index (χ1) is 24.7. The molecule has 0 N–H and O–H groups in total. The van der Waals surface area contributed by atoms with E-state index in [0.717, 1.165) is 55.7 Å². The second-order valence-electron chi connectivity index (χ2n) is 12.5. The van der Waals surface area contributed by atoms with Crippen molar-refractivity contribution in [3.63, 3.8) is 0 Å². The highest BCUT2D eigenvalue weighted by molar-refractivity contribution is 6.00. The van der Waals surface area contributed by atoms with Crippen LogP contribution < -0.4 is 0 Å². The van der Waals surface area contributed by atoms with Crippen LogP contribution in [0.15, 0.2) is 188 Å². The van der Waals surface area contributed by atoms with E-state index in [1.165, 1.54) is 27.5 Å². The maximum atomic E-state index is 5.03. The van der Waals surface area contributed by atoms with E-state index >= 15 is 0 Å². The summed E-state index contributed by atoms with van der Waals surface area (Å²) in [5, 5.41) is 3.58. The molecule has 2 aromatic heterocycles. The van der Waals surface area contributed by atoms with E-state index < -0.39 is 0 Å². The Morgan fingerprint density at radius 1 is 0.320 bits per heavy atom. The maximum absolute atomic E-state index is 5.03. The molecule has 3 heteroatoms. The van der Waals surface area contributed by atoms with Gasteiger partial charge in [0.1, 0.15) is 0 Å². The van der Waals surface area contributed by atoms with Gasteiger partial charge in [0.25, 0.3) is 0 Å². The van der Waals surface area contributed by atoms with E-state index in [2.05, 4.69) is 138 Å². The summed E-state index contributed by atoms with van der Waals surface area (Å²) in [6.07, 6.45) is 1.96. The predicted molar refractivity (Wildman–Crippen MR) is 207 cm³/mol. The first kappa shape index (κ1) is 29.4. The largest absolute Gasteiger partial charge is 0.256 e. The van der Waals surface area contributed by atoms with E-state index in [1.54, 1.807) is 0 Å². The van der Waals surface area contributed by atoms with Crippen LogP contribution in [0.25, 0.3) is 89.0 Å². The quantitative estimate of drug-likeness (QED) is 0.182. The van der Waals surface area contributed by atoms with Crippen LogP contribution in [0.4, 0.5) is 0 Å². The molecule has 0 atom stereocenters. The van der Waals surface area contributed by atoms with E-state index in [9.17, 15) is 0 Å². The van der Waals surface area contributed by atoms with Crippen molar-refractivity contribution in [2.75, 3.05) is 0 Å². The Bertz CT molecular complexity index is 2550. The third-order valence-corrected chi connectivity index (χ3v) is 9.32. The number of aromatic nitrogens is 3. The molecule has 0 aliphatic carbocycles. The molecule has 0 fully saturated rings. The molecule has 0 radical (unpaired) electrons. The van der Waals surface area contributed by atoms with Crippen molar-refractivity contribution in [3.8, 4) is 67.3 Å². The molecule has 50 heavy (non-hydrogen) atoms. The van der Waals surface area contributed by atoms with Crippen LogP contribution in [0.5, 0.6) is 0 Å². The van der Waals surface area contributed by atoms with Crippen molar-refractivity contribution in [3.05, 3.63) is 188 Å². The molecule has 0 unspecified atom stereocenters. The molecular formula is C47H31N3. The van der Waals surface area contributed by atoms with Crippen molar-refractivity contribution in [2.24, 2.45) is 0 Å². The highest BCUT2D eigenvalue weighted by Gasteiger charge is 2.13. The molecule has 9 rings (SSSR count). The minimum atomic E-state index is 0.715. The smallest absolute Gasteiger partial charge is 0.160 e. The summed E-state index contributed by atoms with van der Waals surface area (Å²) >= 11 is 0. The van der Waals surface area contributed by atoms with Gasteiger partial charge >= 0.3 is 0 Å². The third kappa shape index (κ3) is 5.72. The third-order valence-electron chi connectivity index (χ3n) is 9.32. The van der Waals surface area contributed by atoms with Gasteiger partial charge in [-0.05, 0) is 68.9 Å². The van der Waals surface area contributed by atoms with Crippen molar-refractivity contribution in [1.29, 1.82) is 0 Å². The van der Waals surface area contributed by atoms with Crippen molar-refractivity contribution in [2.45, 2.75) is 0 Å². The number of pyridine rings is 1. The number of benzene rings is 7. The van der Waals surface area contributed by atoms with Gasteiger partial charge in [-0.25, -0.2) is 9.97 Å². The molecule has 0 aliphatic rings. The van der Waals surface area contributed by atoms with Gasteiger partial charge in [-0.2, -0.15) is 0 Å². The lowest BCUT2D eigenvalue weighted by Gasteiger charge is -2.13. The molecular weight excluding hydrogens is 607 g/mol. The molecule has 0 spiro atoms. The predicted octanol–water partition coefficient (Wildman–Crippen LogP) is 12.2. The SMILES string of the molecule is c1ccc(-c2cc(-c3ccc(-c4cc(-c5ccc(-c6cnc7ccccc7c6)cc5)cc5ccccc45)cc3)nc(-c3ccccc3)n2)cc1. The molecule has 0 saturated carbocycles. The van der Waals surface area contributed by atoms with Gasteiger partial charge in [-0.3, -0.25) is 4.98 Å². The Labute approximate surface area is 291 Å². The van der Waals surface area contributed by atoms with Gasteiger partial charge in [0, 0.05) is 33.8 Å². The number of fused-ring (bicyclic) bond motifs is 2. The molecule has 3 nitrogen and oxygen atoms in total. The summed E-state index contributed by atoms with van der Waals surface area (Å²) in [7, 11) is 0. The van der Waals surface area contributed by atoms with Gasteiger partial charge < -0.3 is 0 Å². The summed E-state index contributed by atoms with van der Waals surface area (Å²) < 4.78 is 0. The molecule has 2 heterocycles. The van der Waals surface area contributed by atoms with E-state index in [-0.39, 0.29) is 0 Å². The fourth-order valence-electron chi connectivity index (χ4n) is 6.69. The number of hydrogen-bond acceptors (Lipinski definition) is 3. The topological polar surface area (TPSA) is 38.7 Å². The molecule has 0 aliphatic heterocycles. The fourth-order valence-corrected chi connectivity index (χ4v) is 6.69. The van der Waals surface area contributed by atoms with Crippen molar-refractivity contribution >= 4 is 21.7 Å². The molecule has 0 saturated heterocycles. The zero-order chi connectivity index (χ0) is 33.3. The zero-order valence-electron chi connectivity index (χ0n) is 27.2. The second kappa shape index (κ2) is 12.7. The van der Waals surface area contributed by atoms with E-state index in [4.69, 9.17) is 9.97 Å². The summed E-state index contributed by atoms with van der Waals surface area (Å²) in [5.74, 6) is 0.715. The van der Waals surface area contributed by atoms with Crippen LogP contribution in [-0.4, -0.2) is 15.0 Å². The van der Waals surface area contributed by atoms with Crippen LogP contribution in [-0.2, 0) is 0 Å². The Balaban J connectivity index is 1.08. The van der Waals surface area contributed by atoms with Crippen molar-refractivity contribution in [1.82, 2.24) is 15.0 Å². The second-order valence-corrected chi connectivity index (χ2v) is 12.5. The lowest BCUT2D eigenvalue weighted by molar-refractivity contribution is 1.18. The average Bonchev–Trinajstić information content (AvgIpc) is 3.21. The molecule has 0 bridgehead atoms. The number of para-hydroxylation sites is 1. The standard InChI is InChI=1S/C47H31N3/c1-3-11-35(12-4-1)45-30-46(50-47(49-45)37-13-5-2-6-14-37)36-25-23-34(24-26-36)43-29-40(27-38-15-7-9-17-42(38)43)32-19-21-33(22-20-32)41-28-39-16-8-10-18-44(39)48-31-41/h1-31H. The lowest BCUT2D eigenvalue weighted by Crippen LogP contribution is -1.95. The lowest BCUT2D eigenvalue weighted by atomic mass is 9.92. The minimum absolute atomic E-state index is 0.715. The maximum Gasteiger partial charge on any atom is 0.160 e. The van der Waals surface area contributed by atoms with Gasteiger partial charge in [0.05, 0.1) is 16.9 Å². The zero-order valence-corrected chi connectivity index (χ0v) is 27.2.